The first kappa shape index (κ1) is 19.9. The highest BCUT2D eigenvalue weighted by molar-refractivity contribution is 6.24. The maximum Gasteiger partial charge on any atom is 0.225 e. The smallest absolute Gasteiger partial charge is 0.225 e. The minimum atomic E-state index is -0.816. The molecular weight excluding hydrogens is 382 g/mol. The van der Waals surface area contributed by atoms with Gasteiger partial charge in [0.2, 0.25) is 5.91 Å². The SMILES string of the molecule is CN(C(=O)C1CCCC1)[C@@H](c1ccccc1)[C@@]1(C)C2CC3C[C@](Cl)(C2)C[C@@]1(O)C3. The zero-order valence-corrected chi connectivity index (χ0v) is 18.5. The Morgan fingerprint density at radius 1 is 1.17 bits per heavy atom. The predicted octanol–water partition coefficient (Wildman–Crippen LogP) is 5.32. The Hall–Kier alpha value is -1.06. The Balaban J connectivity index is 1.58. The lowest BCUT2D eigenvalue weighted by molar-refractivity contribution is -0.238. The normalized spacial score (nSPS) is 42.2. The molecule has 0 spiro atoms. The number of nitrogens with zero attached hydrogens (tertiary/aromatic N) is 1. The third-order valence-corrected chi connectivity index (χ3v) is 9.54. The molecule has 0 saturated heterocycles. The van der Waals surface area contributed by atoms with E-state index < -0.39 is 5.60 Å². The van der Waals surface area contributed by atoms with E-state index in [4.69, 9.17) is 11.6 Å². The number of hydrogen-bond acceptors (Lipinski definition) is 2. The molecule has 2 unspecified atom stereocenters. The number of amides is 1. The third kappa shape index (κ3) is 2.91. The van der Waals surface area contributed by atoms with Crippen molar-refractivity contribution in [3.05, 3.63) is 35.9 Å². The number of halogens is 1. The Kier molecular flexibility index (Phi) is 4.61. The zero-order valence-electron chi connectivity index (χ0n) is 17.7. The average Bonchev–Trinajstić information content (AvgIpc) is 3.20. The van der Waals surface area contributed by atoms with Gasteiger partial charge in [0.05, 0.1) is 11.6 Å². The van der Waals surface area contributed by atoms with Gasteiger partial charge in [-0.2, -0.15) is 0 Å². The molecule has 5 saturated carbocycles. The Morgan fingerprint density at radius 3 is 2.48 bits per heavy atom. The van der Waals surface area contributed by atoms with Crippen LogP contribution in [0.2, 0.25) is 0 Å². The molecule has 1 amide bonds. The molecule has 0 radical (unpaired) electrons. The molecule has 4 bridgehead atoms. The maximum absolute atomic E-state index is 13.5. The van der Waals surface area contributed by atoms with Crippen molar-refractivity contribution in [1.82, 2.24) is 4.90 Å². The van der Waals surface area contributed by atoms with E-state index in [2.05, 4.69) is 31.2 Å². The standard InChI is InChI=1S/C25H34ClNO2/c1-23(20-12-17-13-24(26,15-20)16-25(23,29)14-17)21(18-8-4-3-5-9-18)27(2)22(28)19-10-6-7-11-19/h3-5,8-9,17,19-21,29H,6-7,10-16H2,1-2H3/t17?,20?,21-,23+,24-,25-/m0/s1. The lowest BCUT2D eigenvalue weighted by Crippen LogP contribution is -2.70. The lowest BCUT2D eigenvalue weighted by atomic mass is 9.41. The topological polar surface area (TPSA) is 40.5 Å². The Morgan fingerprint density at radius 2 is 1.86 bits per heavy atom. The summed E-state index contributed by atoms with van der Waals surface area (Å²) in [6, 6.07) is 10.3. The first-order chi connectivity index (χ1) is 13.8. The summed E-state index contributed by atoms with van der Waals surface area (Å²) in [5.41, 5.74) is -0.0515. The second-order valence-corrected chi connectivity index (χ2v) is 11.6. The van der Waals surface area contributed by atoms with Crippen LogP contribution >= 0.6 is 11.6 Å². The van der Waals surface area contributed by atoms with E-state index in [1.807, 2.05) is 18.0 Å². The van der Waals surface area contributed by atoms with Gasteiger partial charge < -0.3 is 10.0 Å². The number of hydrogen-bond donors (Lipinski definition) is 1. The van der Waals surface area contributed by atoms with Gasteiger partial charge >= 0.3 is 0 Å². The van der Waals surface area contributed by atoms with Crippen LogP contribution in [0.4, 0.5) is 0 Å². The molecular formula is C25H34ClNO2. The van der Waals surface area contributed by atoms with Crippen molar-refractivity contribution in [3.63, 3.8) is 0 Å². The maximum atomic E-state index is 13.5. The van der Waals surface area contributed by atoms with E-state index in [0.29, 0.717) is 18.3 Å². The Bertz CT molecular complexity index is 793. The molecule has 0 aromatic heterocycles. The van der Waals surface area contributed by atoms with Gasteiger partial charge in [0, 0.05) is 23.3 Å². The van der Waals surface area contributed by atoms with Gasteiger partial charge in [-0.05, 0) is 62.3 Å². The second-order valence-electron chi connectivity index (χ2n) is 10.8. The van der Waals surface area contributed by atoms with Gasteiger partial charge in [0.1, 0.15) is 0 Å². The van der Waals surface area contributed by atoms with E-state index in [1.54, 1.807) is 0 Å². The number of aliphatic hydroxyl groups is 1. The number of alkyl halides is 1. The van der Waals surface area contributed by atoms with E-state index in [1.165, 1.54) is 0 Å². The summed E-state index contributed by atoms with van der Waals surface area (Å²) in [6.45, 7) is 2.26. The minimum absolute atomic E-state index is 0.118. The first-order valence-electron chi connectivity index (χ1n) is 11.5. The molecule has 0 heterocycles. The van der Waals surface area contributed by atoms with Crippen LogP contribution in [0.5, 0.6) is 0 Å². The number of carbonyl (C=O) groups excluding carboxylic acids is 1. The molecule has 4 heteroatoms. The largest absolute Gasteiger partial charge is 0.389 e. The first-order valence-corrected chi connectivity index (χ1v) is 11.9. The van der Waals surface area contributed by atoms with Gasteiger partial charge in [-0.1, -0.05) is 50.1 Å². The zero-order chi connectivity index (χ0) is 20.4. The molecule has 6 rings (SSSR count). The molecule has 0 aliphatic heterocycles. The van der Waals surface area contributed by atoms with Crippen molar-refractivity contribution in [2.45, 2.75) is 81.2 Å². The monoisotopic (exact) mass is 415 g/mol. The van der Waals surface area contributed by atoms with Crippen LogP contribution < -0.4 is 0 Å². The molecule has 5 aliphatic carbocycles. The van der Waals surface area contributed by atoms with Gasteiger partial charge in [-0.15, -0.1) is 11.6 Å². The van der Waals surface area contributed by atoms with Crippen molar-refractivity contribution < 1.29 is 9.90 Å². The molecule has 5 fully saturated rings. The lowest BCUT2D eigenvalue weighted by Gasteiger charge is -2.69. The molecule has 5 aliphatic rings. The van der Waals surface area contributed by atoms with Gasteiger partial charge in [-0.25, -0.2) is 0 Å². The fourth-order valence-corrected chi connectivity index (χ4v) is 8.53. The fraction of sp³-hybridized carbons (Fsp3) is 0.720. The highest BCUT2D eigenvalue weighted by Gasteiger charge is 2.70. The third-order valence-electron chi connectivity index (χ3n) is 9.09. The second kappa shape index (κ2) is 6.72. The summed E-state index contributed by atoms with van der Waals surface area (Å²) in [7, 11) is 1.98. The Labute approximate surface area is 179 Å². The average molecular weight is 416 g/mol. The van der Waals surface area contributed by atoms with Crippen molar-refractivity contribution in [2.75, 3.05) is 7.05 Å². The van der Waals surface area contributed by atoms with Crippen molar-refractivity contribution >= 4 is 17.5 Å². The number of rotatable bonds is 4. The summed E-state index contributed by atoms with van der Waals surface area (Å²) in [5.74, 6) is 1.26. The van der Waals surface area contributed by atoms with E-state index in [9.17, 15) is 9.90 Å². The van der Waals surface area contributed by atoms with Crippen LogP contribution in [0.25, 0.3) is 0 Å². The van der Waals surface area contributed by atoms with Crippen LogP contribution in [0.1, 0.15) is 76.3 Å². The van der Waals surface area contributed by atoms with Crippen LogP contribution in [-0.2, 0) is 4.79 Å². The van der Waals surface area contributed by atoms with Crippen LogP contribution in [0, 0.1) is 23.2 Å². The number of benzene rings is 1. The van der Waals surface area contributed by atoms with Gasteiger partial charge in [0.15, 0.2) is 0 Å². The molecule has 6 atom stereocenters. The van der Waals surface area contributed by atoms with Crippen LogP contribution in [0.3, 0.4) is 0 Å². The summed E-state index contributed by atoms with van der Waals surface area (Å²) >= 11 is 7.00. The molecule has 1 N–H and O–H groups in total. The highest BCUT2D eigenvalue weighted by atomic mass is 35.5. The summed E-state index contributed by atoms with van der Waals surface area (Å²) < 4.78 is 0. The van der Waals surface area contributed by atoms with Crippen LogP contribution in [0.15, 0.2) is 30.3 Å². The van der Waals surface area contributed by atoms with Crippen LogP contribution in [-0.4, -0.2) is 33.4 Å². The summed E-state index contributed by atoms with van der Waals surface area (Å²) in [5, 5.41) is 12.1. The van der Waals surface area contributed by atoms with E-state index in [-0.39, 0.29) is 28.2 Å². The van der Waals surface area contributed by atoms with Gasteiger partial charge in [-0.3, -0.25) is 4.79 Å². The molecule has 1 aromatic rings. The predicted molar refractivity (Wildman–Crippen MR) is 116 cm³/mol. The van der Waals surface area contributed by atoms with Crippen molar-refractivity contribution in [1.29, 1.82) is 0 Å². The van der Waals surface area contributed by atoms with Gasteiger partial charge in [0.25, 0.3) is 0 Å². The highest BCUT2D eigenvalue weighted by Crippen LogP contribution is 2.70. The molecule has 158 valence electrons. The molecule has 3 nitrogen and oxygen atoms in total. The molecule has 29 heavy (non-hydrogen) atoms. The van der Waals surface area contributed by atoms with Crippen molar-refractivity contribution in [2.24, 2.45) is 23.2 Å². The fourth-order valence-electron chi connectivity index (χ4n) is 7.91. The summed E-state index contributed by atoms with van der Waals surface area (Å²) in [4.78, 5) is 15.3. The summed E-state index contributed by atoms with van der Waals surface area (Å²) in [6.07, 6.45) is 8.91. The number of carbonyl (C=O) groups is 1. The van der Waals surface area contributed by atoms with E-state index >= 15 is 0 Å². The molecule has 1 aromatic carbocycles. The van der Waals surface area contributed by atoms with Crippen molar-refractivity contribution in [3.8, 4) is 0 Å². The minimum Gasteiger partial charge on any atom is -0.389 e. The quantitative estimate of drug-likeness (QED) is 0.676. The van der Waals surface area contributed by atoms with E-state index in [0.717, 1.165) is 56.9 Å².